The third-order valence-corrected chi connectivity index (χ3v) is 5.82. The molecule has 1 saturated carbocycles. The summed E-state index contributed by atoms with van der Waals surface area (Å²) in [5.41, 5.74) is 2.71. The molecule has 1 aliphatic rings. The van der Waals surface area contributed by atoms with E-state index in [1.165, 1.54) is 25.0 Å². The van der Waals surface area contributed by atoms with E-state index in [4.69, 9.17) is 0 Å². The molecular formula is C23H22F3N3OS. The minimum Gasteiger partial charge on any atom is -0.308 e. The van der Waals surface area contributed by atoms with Crippen LogP contribution in [0.1, 0.15) is 36.9 Å². The van der Waals surface area contributed by atoms with Gasteiger partial charge >= 0.3 is 12.2 Å². The second kappa shape index (κ2) is 8.72. The molecule has 1 heterocycles. The maximum atomic E-state index is 12.9. The van der Waals surface area contributed by atoms with Gasteiger partial charge in [0.2, 0.25) is 0 Å². The number of anilines is 2. The molecule has 31 heavy (non-hydrogen) atoms. The summed E-state index contributed by atoms with van der Waals surface area (Å²) < 4.78 is 38.8. The lowest BCUT2D eigenvalue weighted by atomic mass is 10.0. The molecule has 1 aliphatic carbocycles. The number of urea groups is 1. The third-order valence-electron chi connectivity index (χ3n) is 5.13. The number of carbonyl (C=O) groups excluding carboxylic acids is 1. The highest BCUT2D eigenvalue weighted by Crippen LogP contribution is 2.34. The van der Waals surface area contributed by atoms with Gasteiger partial charge in [-0.15, -0.1) is 0 Å². The van der Waals surface area contributed by atoms with Crippen molar-refractivity contribution >= 4 is 28.7 Å². The van der Waals surface area contributed by atoms with E-state index in [0.717, 1.165) is 28.8 Å². The van der Waals surface area contributed by atoms with Gasteiger partial charge in [-0.05, 0) is 72.0 Å². The van der Waals surface area contributed by atoms with Gasteiger partial charge in [0.15, 0.2) is 0 Å². The van der Waals surface area contributed by atoms with Crippen LogP contribution in [0, 0.1) is 0 Å². The second-order valence-corrected chi connectivity index (χ2v) is 8.42. The molecule has 0 unspecified atom stereocenters. The van der Waals surface area contributed by atoms with Gasteiger partial charge in [-0.2, -0.15) is 24.5 Å². The molecule has 0 bridgehead atoms. The summed E-state index contributed by atoms with van der Waals surface area (Å²) in [6.45, 7) is 2.07. The van der Waals surface area contributed by atoms with E-state index < -0.39 is 17.8 Å². The first-order valence-corrected chi connectivity index (χ1v) is 10.9. The van der Waals surface area contributed by atoms with Crippen molar-refractivity contribution in [2.24, 2.45) is 0 Å². The number of amides is 2. The molecule has 8 heteroatoms. The maximum absolute atomic E-state index is 12.9. The Hall–Kier alpha value is -2.84. The van der Waals surface area contributed by atoms with Crippen LogP contribution in [0.2, 0.25) is 0 Å². The predicted octanol–water partition coefficient (Wildman–Crippen LogP) is 6.89. The highest BCUT2D eigenvalue weighted by molar-refractivity contribution is 7.08. The summed E-state index contributed by atoms with van der Waals surface area (Å²) >= 11 is 1.55. The molecule has 2 aromatic carbocycles. The van der Waals surface area contributed by atoms with Crippen molar-refractivity contribution in [3.8, 4) is 11.1 Å². The number of rotatable bonds is 6. The second-order valence-electron chi connectivity index (χ2n) is 7.64. The molecule has 1 atom stereocenters. The average Bonchev–Trinajstić information content (AvgIpc) is 3.36. The van der Waals surface area contributed by atoms with Crippen molar-refractivity contribution in [1.29, 1.82) is 0 Å². The molecule has 162 valence electrons. The number of hydrogen-bond acceptors (Lipinski definition) is 3. The first-order chi connectivity index (χ1) is 14.8. The summed E-state index contributed by atoms with van der Waals surface area (Å²) in [7, 11) is 0. The number of carbonyl (C=O) groups is 1. The quantitative estimate of drug-likeness (QED) is 0.387. The Morgan fingerprint density at radius 3 is 2.58 bits per heavy atom. The fourth-order valence-electron chi connectivity index (χ4n) is 3.36. The van der Waals surface area contributed by atoms with Crippen molar-refractivity contribution in [2.45, 2.75) is 38.0 Å². The van der Waals surface area contributed by atoms with E-state index in [2.05, 4.69) is 22.9 Å². The first-order valence-electron chi connectivity index (χ1n) is 9.97. The highest BCUT2D eigenvalue weighted by atomic mass is 32.1. The van der Waals surface area contributed by atoms with Gasteiger partial charge in [0.25, 0.3) is 0 Å². The van der Waals surface area contributed by atoms with E-state index >= 15 is 0 Å². The van der Waals surface area contributed by atoms with E-state index in [-0.39, 0.29) is 11.7 Å². The highest BCUT2D eigenvalue weighted by Gasteiger charge is 2.30. The Morgan fingerprint density at radius 1 is 1.10 bits per heavy atom. The molecule has 3 N–H and O–H groups in total. The van der Waals surface area contributed by atoms with Gasteiger partial charge in [0.05, 0.1) is 11.3 Å². The first kappa shape index (κ1) is 21.4. The largest absolute Gasteiger partial charge is 0.416 e. The van der Waals surface area contributed by atoms with Gasteiger partial charge in [-0.1, -0.05) is 18.2 Å². The van der Waals surface area contributed by atoms with Gasteiger partial charge in [0.1, 0.15) is 0 Å². The van der Waals surface area contributed by atoms with E-state index in [1.807, 2.05) is 35.0 Å². The zero-order chi connectivity index (χ0) is 22.0. The van der Waals surface area contributed by atoms with Crippen LogP contribution in [0.25, 0.3) is 11.1 Å². The summed E-state index contributed by atoms with van der Waals surface area (Å²) in [4.78, 5) is 12.6. The number of thiophene rings is 1. The predicted molar refractivity (Wildman–Crippen MR) is 118 cm³/mol. The number of alkyl halides is 3. The number of hydrogen-bond donors (Lipinski definition) is 3. The Morgan fingerprint density at radius 2 is 1.90 bits per heavy atom. The van der Waals surface area contributed by atoms with Crippen molar-refractivity contribution in [2.75, 3.05) is 10.6 Å². The fraction of sp³-hybridized carbons (Fsp3) is 0.261. The van der Waals surface area contributed by atoms with Crippen LogP contribution < -0.4 is 16.0 Å². The van der Waals surface area contributed by atoms with Gasteiger partial charge in [0, 0.05) is 23.3 Å². The average molecular weight is 446 g/mol. The monoisotopic (exact) mass is 445 g/mol. The Balaban J connectivity index is 1.56. The summed E-state index contributed by atoms with van der Waals surface area (Å²) in [5.74, 6) is 0. The lowest BCUT2D eigenvalue weighted by molar-refractivity contribution is -0.137. The van der Waals surface area contributed by atoms with Crippen LogP contribution in [0.4, 0.5) is 29.3 Å². The summed E-state index contributed by atoms with van der Waals surface area (Å²) in [5, 5.41) is 12.8. The molecule has 0 aliphatic heterocycles. The third kappa shape index (κ3) is 5.45. The van der Waals surface area contributed by atoms with Crippen LogP contribution in [0.15, 0.2) is 59.3 Å². The fourth-order valence-corrected chi connectivity index (χ4v) is 4.02. The summed E-state index contributed by atoms with van der Waals surface area (Å²) in [6.07, 6.45) is -2.14. The minimum absolute atomic E-state index is 0.0735. The lowest BCUT2D eigenvalue weighted by Crippen LogP contribution is -2.22. The molecule has 0 spiro atoms. The maximum Gasteiger partial charge on any atom is 0.416 e. The SMILES string of the molecule is C[C@H](NC1CC1)c1ccc(-c2ccsc2)c(NC(=O)Nc2cccc(C(F)(F)F)c2)c1. The van der Waals surface area contributed by atoms with Crippen LogP contribution >= 0.6 is 11.3 Å². The van der Waals surface area contributed by atoms with Crippen molar-refractivity contribution in [3.63, 3.8) is 0 Å². The zero-order valence-corrected chi connectivity index (χ0v) is 17.6. The van der Waals surface area contributed by atoms with E-state index in [0.29, 0.717) is 11.7 Å². The molecular weight excluding hydrogens is 423 g/mol. The van der Waals surface area contributed by atoms with Crippen LogP contribution in [-0.2, 0) is 6.18 Å². The van der Waals surface area contributed by atoms with Crippen LogP contribution in [0.3, 0.4) is 0 Å². The van der Waals surface area contributed by atoms with E-state index in [1.54, 1.807) is 11.3 Å². The topological polar surface area (TPSA) is 53.2 Å². The van der Waals surface area contributed by atoms with E-state index in [9.17, 15) is 18.0 Å². The molecule has 1 fully saturated rings. The molecule has 4 rings (SSSR count). The molecule has 0 radical (unpaired) electrons. The van der Waals surface area contributed by atoms with Crippen LogP contribution in [-0.4, -0.2) is 12.1 Å². The molecule has 1 aromatic heterocycles. The molecule has 3 aromatic rings. The Labute approximate surface area is 182 Å². The smallest absolute Gasteiger partial charge is 0.308 e. The molecule has 4 nitrogen and oxygen atoms in total. The number of halogens is 3. The zero-order valence-electron chi connectivity index (χ0n) is 16.8. The number of benzene rings is 2. The molecule has 2 amide bonds. The van der Waals surface area contributed by atoms with Gasteiger partial charge in [-0.3, -0.25) is 0 Å². The minimum atomic E-state index is -4.47. The Kier molecular flexibility index (Phi) is 6.02. The summed E-state index contributed by atoms with van der Waals surface area (Å²) in [6, 6.07) is 12.5. The van der Waals surface area contributed by atoms with Gasteiger partial charge < -0.3 is 16.0 Å². The molecule has 0 saturated heterocycles. The van der Waals surface area contributed by atoms with Crippen LogP contribution in [0.5, 0.6) is 0 Å². The standard InChI is InChI=1S/C23H22F3N3OS/c1-14(27-18-6-7-18)15-5-8-20(16-9-10-31-13-16)21(11-15)29-22(30)28-19-4-2-3-17(12-19)23(24,25)26/h2-5,8-14,18,27H,6-7H2,1H3,(H2,28,29,30)/t14-/m0/s1. The van der Waals surface area contributed by atoms with Crippen molar-refractivity contribution in [1.82, 2.24) is 5.32 Å². The normalized spacial score (nSPS) is 14.8. The lowest BCUT2D eigenvalue weighted by Gasteiger charge is -2.18. The van der Waals surface area contributed by atoms with Crippen molar-refractivity contribution < 1.29 is 18.0 Å². The van der Waals surface area contributed by atoms with Gasteiger partial charge in [-0.25, -0.2) is 4.79 Å². The van der Waals surface area contributed by atoms with Crippen molar-refractivity contribution in [3.05, 3.63) is 70.4 Å². The Bertz CT molecular complexity index is 1060. The number of nitrogens with one attached hydrogen (secondary N) is 3.